The van der Waals surface area contributed by atoms with Crippen LogP contribution < -0.4 is 11.1 Å². The second-order valence-corrected chi connectivity index (χ2v) is 4.32. The summed E-state index contributed by atoms with van der Waals surface area (Å²) in [7, 11) is 0. The number of amides is 1. The maximum Gasteiger partial charge on any atom is 0.411 e. The van der Waals surface area contributed by atoms with Gasteiger partial charge in [0, 0.05) is 19.3 Å². The number of halogens is 3. The van der Waals surface area contributed by atoms with Gasteiger partial charge in [-0.25, -0.2) is 4.98 Å². The molecule has 0 radical (unpaired) electrons. The molecular weight excluding hydrogens is 249 g/mol. The Morgan fingerprint density at radius 2 is 2.22 bits per heavy atom. The van der Waals surface area contributed by atoms with Crippen molar-refractivity contribution < 1.29 is 18.0 Å². The molecule has 1 fully saturated rings. The molecule has 1 aliphatic rings. The minimum atomic E-state index is -4.41. The van der Waals surface area contributed by atoms with Gasteiger partial charge in [-0.05, 0) is 12.8 Å². The monoisotopic (exact) mass is 262 g/mol. The van der Waals surface area contributed by atoms with Crippen molar-refractivity contribution in [1.82, 2.24) is 14.9 Å². The zero-order valence-corrected chi connectivity index (χ0v) is 9.50. The average molecular weight is 262 g/mol. The van der Waals surface area contributed by atoms with E-state index < -0.39 is 17.6 Å². The molecule has 18 heavy (non-hydrogen) atoms. The van der Waals surface area contributed by atoms with Crippen LogP contribution in [0.1, 0.15) is 23.3 Å². The summed E-state index contributed by atoms with van der Waals surface area (Å²) in [5.41, 5.74) is 3.23. The van der Waals surface area contributed by atoms with Crippen LogP contribution >= 0.6 is 0 Å². The Morgan fingerprint density at radius 1 is 1.56 bits per heavy atom. The van der Waals surface area contributed by atoms with Gasteiger partial charge in [0.25, 0.3) is 5.91 Å². The third-order valence-electron chi connectivity index (χ3n) is 2.90. The SMILES string of the molecule is NCCn1cnc(C(=O)NC2(C(F)(F)F)CC2)c1. The van der Waals surface area contributed by atoms with Crippen molar-refractivity contribution in [1.29, 1.82) is 0 Å². The summed E-state index contributed by atoms with van der Waals surface area (Å²) in [6, 6.07) is 0. The molecule has 0 aromatic carbocycles. The van der Waals surface area contributed by atoms with Crippen molar-refractivity contribution in [2.75, 3.05) is 6.54 Å². The van der Waals surface area contributed by atoms with E-state index in [2.05, 4.69) is 4.98 Å². The van der Waals surface area contributed by atoms with E-state index in [-0.39, 0.29) is 18.5 Å². The first-order chi connectivity index (χ1) is 8.38. The van der Waals surface area contributed by atoms with Gasteiger partial charge in [0.05, 0.1) is 6.33 Å². The second-order valence-electron chi connectivity index (χ2n) is 4.32. The molecule has 1 saturated carbocycles. The zero-order chi connectivity index (χ0) is 13.4. The predicted molar refractivity (Wildman–Crippen MR) is 56.8 cm³/mol. The van der Waals surface area contributed by atoms with Gasteiger partial charge in [-0.1, -0.05) is 0 Å². The van der Waals surface area contributed by atoms with Crippen LogP contribution in [0.2, 0.25) is 0 Å². The number of hydrogen-bond donors (Lipinski definition) is 2. The molecule has 8 heteroatoms. The number of aromatic nitrogens is 2. The Balaban J connectivity index is 2.04. The van der Waals surface area contributed by atoms with E-state index in [4.69, 9.17) is 5.73 Å². The lowest BCUT2D eigenvalue weighted by molar-refractivity contribution is -0.163. The summed E-state index contributed by atoms with van der Waals surface area (Å²) >= 11 is 0. The topological polar surface area (TPSA) is 72.9 Å². The van der Waals surface area contributed by atoms with Gasteiger partial charge >= 0.3 is 6.18 Å². The van der Waals surface area contributed by atoms with Crippen LogP contribution in [0.5, 0.6) is 0 Å². The van der Waals surface area contributed by atoms with Crippen molar-refractivity contribution in [3.8, 4) is 0 Å². The van der Waals surface area contributed by atoms with Gasteiger partial charge in [-0.15, -0.1) is 0 Å². The minimum absolute atomic E-state index is 0.0287. The van der Waals surface area contributed by atoms with Crippen LogP contribution in [0.15, 0.2) is 12.5 Å². The van der Waals surface area contributed by atoms with Crippen LogP contribution in [0.4, 0.5) is 13.2 Å². The standard InChI is InChI=1S/C10H13F3N4O/c11-10(12,13)9(1-2-9)16-8(18)7-5-17(4-3-14)6-15-7/h5-6H,1-4,14H2,(H,16,18). The van der Waals surface area contributed by atoms with Crippen molar-refractivity contribution in [3.05, 3.63) is 18.2 Å². The van der Waals surface area contributed by atoms with Crippen LogP contribution in [-0.2, 0) is 6.54 Å². The summed E-state index contributed by atoms with van der Waals surface area (Å²) in [6.07, 6.45) is -1.82. The number of alkyl halides is 3. The Kier molecular flexibility index (Phi) is 3.05. The molecule has 5 nitrogen and oxygen atoms in total. The lowest BCUT2D eigenvalue weighted by Crippen LogP contribution is -2.47. The highest BCUT2D eigenvalue weighted by molar-refractivity contribution is 5.93. The van der Waals surface area contributed by atoms with Crippen molar-refractivity contribution in [3.63, 3.8) is 0 Å². The van der Waals surface area contributed by atoms with Crippen LogP contribution in [-0.4, -0.2) is 33.7 Å². The number of nitrogens with zero attached hydrogens (tertiary/aromatic N) is 2. The number of imidazole rings is 1. The molecule has 0 spiro atoms. The average Bonchev–Trinajstić information content (AvgIpc) is 2.90. The van der Waals surface area contributed by atoms with Gasteiger partial charge in [0.1, 0.15) is 11.2 Å². The van der Waals surface area contributed by atoms with Gasteiger partial charge in [0.2, 0.25) is 0 Å². The fourth-order valence-corrected chi connectivity index (χ4v) is 1.63. The number of carbonyl (C=O) groups excluding carboxylic acids is 1. The second kappa shape index (κ2) is 4.27. The molecule has 1 amide bonds. The third-order valence-corrected chi connectivity index (χ3v) is 2.90. The third kappa shape index (κ3) is 2.33. The molecule has 3 N–H and O–H groups in total. The van der Waals surface area contributed by atoms with Crippen LogP contribution in [0.25, 0.3) is 0 Å². The van der Waals surface area contributed by atoms with Gasteiger partial charge in [-0.3, -0.25) is 4.79 Å². The molecule has 2 rings (SSSR count). The fraction of sp³-hybridized carbons (Fsp3) is 0.600. The molecule has 0 unspecified atom stereocenters. The highest BCUT2D eigenvalue weighted by Crippen LogP contribution is 2.48. The maximum atomic E-state index is 12.6. The number of hydrogen-bond acceptors (Lipinski definition) is 3. The predicted octanol–water partition coefficient (Wildman–Crippen LogP) is 0.666. The van der Waals surface area contributed by atoms with Crippen molar-refractivity contribution in [2.45, 2.75) is 31.1 Å². The van der Waals surface area contributed by atoms with Gasteiger partial charge in [0.15, 0.2) is 0 Å². The molecular formula is C10H13F3N4O. The molecule has 1 aliphatic carbocycles. The molecule has 1 aromatic rings. The van der Waals surface area contributed by atoms with E-state index in [0.29, 0.717) is 13.1 Å². The van der Waals surface area contributed by atoms with E-state index in [1.165, 1.54) is 12.5 Å². The van der Waals surface area contributed by atoms with E-state index >= 15 is 0 Å². The fourth-order valence-electron chi connectivity index (χ4n) is 1.63. The van der Waals surface area contributed by atoms with Crippen LogP contribution in [0.3, 0.4) is 0 Å². The first kappa shape index (κ1) is 12.9. The highest BCUT2D eigenvalue weighted by Gasteiger charge is 2.64. The zero-order valence-electron chi connectivity index (χ0n) is 9.50. The molecule has 0 aliphatic heterocycles. The van der Waals surface area contributed by atoms with E-state index in [1.807, 2.05) is 5.32 Å². The number of rotatable bonds is 4. The van der Waals surface area contributed by atoms with Crippen molar-refractivity contribution >= 4 is 5.91 Å². The van der Waals surface area contributed by atoms with Crippen LogP contribution in [0, 0.1) is 0 Å². The number of nitrogens with two attached hydrogens (primary N) is 1. The summed E-state index contributed by atoms with van der Waals surface area (Å²) in [4.78, 5) is 15.4. The van der Waals surface area contributed by atoms with E-state index in [1.54, 1.807) is 4.57 Å². The van der Waals surface area contributed by atoms with Crippen molar-refractivity contribution in [2.24, 2.45) is 5.73 Å². The van der Waals surface area contributed by atoms with Gasteiger partial charge < -0.3 is 15.6 Å². The lowest BCUT2D eigenvalue weighted by atomic mass is 10.2. The maximum absolute atomic E-state index is 12.6. The summed E-state index contributed by atoms with van der Waals surface area (Å²) in [5, 5.41) is 2.01. The quantitative estimate of drug-likeness (QED) is 0.837. The summed E-state index contributed by atoms with van der Waals surface area (Å²) in [5.74, 6) is -0.805. The Bertz CT molecular complexity index is 450. The Hall–Kier alpha value is -1.57. The van der Waals surface area contributed by atoms with E-state index in [0.717, 1.165) is 0 Å². The molecule has 0 atom stereocenters. The van der Waals surface area contributed by atoms with E-state index in [9.17, 15) is 18.0 Å². The lowest BCUT2D eigenvalue weighted by Gasteiger charge is -2.19. The first-order valence-electron chi connectivity index (χ1n) is 5.49. The Morgan fingerprint density at radius 3 is 2.72 bits per heavy atom. The summed E-state index contributed by atoms with van der Waals surface area (Å²) in [6.45, 7) is 0.828. The number of nitrogens with one attached hydrogen (secondary N) is 1. The molecule has 1 heterocycles. The largest absolute Gasteiger partial charge is 0.411 e. The molecule has 0 saturated heterocycles. The molecule has 0 bridgehead atoms. The highest BCUT2D eigenvalue weighted by atomic mass is 19.4. The molecule has 1 aromatic heterocycles. The number of carbonyl (C=O) groups is 1. The molecule has 100 valence electrons. The first-order valence-corrected chi connectivity index (χ1v) is 5.49. The smallest absolute Gasteiger partial charge is 0.336 e. The Labute approximate surface area is 101 Å². The van der Waals surface area contributed by atoms with Gasteiger partial charge in [-0.2, -0.15) is 13.2 Å². The normalized spacial score (nSPS) is 17.6. The summed E-state index contributed by atoms with van der Waals surface area (Å²) < 4.78 is 39.5. The minimum Gasteiger partial charge on any atom is -0.336 e.